The number of methoxy groups -OCH3 is 2. The number of halogens is 11. The summed E-state index contributed by atoms with van der Waals surface area (Å²) in [7, 11) is 0.519. The Balaban J connectivity index is 0.000000226. The second-order valence-electron chi connectivity index (χ2n) is 10.8. The van der Waals surface area contributed by atoms with Crippen molar-refractivity contribution in [1.29, 1.82) is 5.26 Å². The molecule has 56 heavy (non-hydrogen) atoms. The Hall–Kier alpha value is -4.96. The van der Waals surface area contributed by atoms with Gasteiger partial charge in [-0.25, -0.2) is 18.7 Å². The molecule has 0 amide bonds. The summed E-state index contributed by atoms with van der Waals surface area (Å²) in [4.78, 5) is 8.36. The first-order valence-corrected chi connectivity index (χ1v) is 16.4. The van der Waals surface area contributed by atoms with Gasteiger partial charge < -0.3 is 24.6 Å². The van der Waals surface area contributed by atoms with Crippen LogP contribution in [0.5, 0.6) is 11.5 Å². The SMILES string of the molecule is COc1cc2cccc(Cl)c2nc1-c1cc(F)ccc1C(F)(F)F.COc1cc2cccc(Cl)c2nc1Cl.N#CCO.OB(O)c1cc(F)ccc1C(F)(F)F. The maximum absolute atomic E-state index is 13.6. The fraction of sp³-hybridized carbons (Fsp3) is 0.139. The maximum atomic E-state index is 13.6. The van der Waals surface area contributed by atoms with Crippen molar-refractivity contribution in [2.45, 2.75) is 12.4 Å². The van der Waals surface area contributed by atoms with Crippen molar-refractivity contribution >= 4 is 69.2 Å². The summed E-state index contributed by atoms with van der Waals surface area (Å²) in [6.45, 7) is -0.375. The molecule has 0 bridgehead atoms. The van der Waals surface area contributed by atoms with Gasteiger partial charge in [0.25, 0.3) is 0 Å². The maximum Gasteiger partial charge on any atom is 0.489 e. The van der Waals surface area contributed by atoms with Crippen LogP contribution in [-0.2, 0) is 12.4 Å². The van der Waals surface area contributed by atoms with Gasteiger partial charge in [-0.1, -0.05) is 59.1 Å². The monoisotopic (exact) mass is 847 g/mol. The van der Waals surface area contributed by atoms with E-state index < -0.39 is 53.3 Å². The molecule has 0 unspecified atom stereocenters. The lowest BCUT2D eigenvalue weighted by atomic mass is 9.77. The van der Waals surface area contributed by atoms with Gasteiger partial charge in [-0.3, -0.25) is 0 Å². The van der Waals surface area contributed by atoms with E-state index in [0.717, 1.165) is 17.5 Å². The van der Waals surface area contributed by atoms with Gasteiger partial charge in [0.15, 0.2) is 10.9 Å². The molecule has 0 radical (unpaired) electrons. The standard InChI is InChI=1S/C17H10ClF4NO.C10H7Cl2NO.C7H5BF4O2.C2H3NO/c1-24-14-7-9-3-2-4-13(18)15(9)23-16(14)11-8-10(19)5-6-12(11)17(20,21)22;1-14-8-5-6-3-2-4-7(11)9(6)13-10(8)12;9-4-1-2-5(7(10,11)12)6(3-4)8(13)14;3-1-2-4/h2-8H,1H3;2-5H,1H3;1-3,13-14H;4H,2H2. The Labute approximate surface area is 328 Å². The number of nitrogens with zero attached hydrogens (tertiary/aromatic N) is 3. The minimum atomic E-state index is -4.73. The van der Waals surface area contributed by atoms with Gasteiger partial charge in [-0.15, -0.1) is 0 Å². The van der Waals surface area contributed by atoms with Gasteiger partial charge in [0, 0.05) is 16.3 Å². The third-order valence-corrected chi connectivity index (χ3v) is 8.01. The Morgan fingerprint density at radius 1 is 0.696 bits per heavy atom. The minimum Gasteiger partial charge on any atom is -0.494 e. The van der Waals surface area contributed by atoms with E-state index in [0.29, 0.717) is 56.6 Å². The number of rotatable bonds is 4. The van der Waals surface area contributed by atoms with Crippen LogP contribution in [0.3, 0.4) is 0 Å². The fourth-order valence-corrected chi connectivity index (χ4v) is 5.38. The van der Waals surface area contributed by atoms with Gasteiger partial charge >= 0.3 is 19.5 Å². The van der Waals surface area contributed by atoms with E-state index in [1.807, 2.05) is 18.2 Å². The quantitative estimate of drug-likeness (QED) is 0.0694. The number of benzene rings is 4. The van der Waals surface area contributed by atoms with E-state index in [1.54, 1.807) is 31.4 Å². The summed E-state index contributed by atoms with van der Waals surface area (Å²) >= 11 is 17.9. The lowest BCUT2D eigenvalue weighted by Crippen LogP contribution is -2.36. The zero-order chi connectivity index (χ0) is 42.0. The first-order valence-electron chi connectivity index (χ1n) is 15.3. The number of hydrogen-bond donors (Lipinski definition) is 3. The van der Waals surface area contributed by atoms with E-state index in [9.17, 15) is 35.1 Å². The summed E-state index contributed by atoms with van der Waals surface area (Å²) in [5.41, 5.74) is -2.66. The summed E-state index contributed by atoms with van der Waals surface area (Å²) in [6.07, 6.45) is -9.39. The number of fused-ring (bicyclic) bond motifs is 2. The first-order chi connectivity index (χ1) is 26.3. The number of aliphatic hydroxyl groups excluding tert-OH is 1. The zero-order valence-corrected chi connectivity index (χ0v) is 30.8. The topological polar surface area (TPSA) is 129 Å². The van der Waals surface area contributed by atoms with Crippen LogP contribution in [0.2, 0.25) is 15.2 Å². The molecule has 0 fully saturated rings. The van der Waals surface area contributed by atoms with E-state index in [2.05, 4.69) is 9.97 Å². The van der Waals surface area contributed by atoms with Crippen LogP contribution in [0.1, 0.15) is 11.1 Å². The average molecular weight is 849 g/mol. The van der Waals surface area contributed by atoms with Crippen LogP contribution < -0.4 is 14.9 Å². The van der Waals surface area contributed by atoms with Gasteiger partial charge in [-0.2, -0.15) is 31.6 Å². The van der Waals surface area contributed by atoms with Crippen LogP contribution in [0.15, 0.2) is 84.9 Å². The second-order valence-corrected chi connectivity index (χ2v) is 11.9. The smallest absolute Gasteiger partial charge is 0.489 e. The van der Waals surface area contributed by atoms with Crippen molar-refractivity contribution in [2.75, 3.05) is 20.8 Å². The molecule has 0 aliphatic heterocycles. The molecule has 20 heteroatoms. The molecule has 294 valence electrons. The molecular formula is C36H25BCl3F8N3O5. The Bertz CT molecular complexity index is 2350. The zero-order valence-electron chi connectivity index (χ0n) is 28.5. The van der Waals surface area contributed by atoms with Crippen molar-refractivity contribution in [3.05, 3.63) is 123 Å². The third-order valence-electron chi connectivity index (χ3n) is 7.13. The molecule has 2 aromatic heterocycles. The first kappa shape index (κ1) is 45.4. The molecule has 4 aromatic carbocycles. The average Bonchev–Trinajstić information content (AvgIpc) is 3.14. The number of hydrogen-bond acceptors (Lipinski definition) is 8. The number of alkyl halides is 6. The van der Waals surface area contributed by atoms with E-state index in [-0.39, 0.29) is 23.1 Å². The molecule has 0 aliphatic rings. The molecule has 6 aromatic rings. The van der Waals surface area contributed by atoms with E-state index >= 15 is 0 Å². The lowest BCUT2D eigenvalue weighted by Gasteiger charge is -2.15. The van der Waals surface area contributed by atoms with E-state index in [1.165, 1.54) is 19.2 Å². The van der Waals surface area contributed by atoms with Crippen molar-refractivity contribution in [3.63, 3.8) is 0 Å². The van der Waals surface area contributed by atoms with Crippen LogP contribution in [0.4, 0.5) is 35.1 Å². The Morgan fingerprint density at radius 2 is 1.16 bits per heavy atom. The minimum absolute atomic E-state index is 0.0980. The summed E-state index contributed by atoms with van der Waals surface area (Å²) < 4.78 is 113. The normalized spacial score (nSPS) is 10.9. The van der Waals surface area contributed by atoms with Gasteiger partial charge in [0.05, 0.1) is 52.5 Å². The molecule has 0 aliphatic carbocycles. The number of ether oxygens (including phenoxy) is 2. The molecule has 2 heterocycles. The van der Waals surface area contributed by atoms with Gasteiger partial charge in [0.2, 0.25) is 0 Å². The number of nitriles is 1. The highest BCUT2D eigenvalue weighted by atomic mass is 35.5. The molecule has 0 spiro atoms. The van der Waals surface area contributed by atoms with Crippen molar-refractivity contribution in [3.8, 4) is 28.8 Å². The molecule has 0 saturated heterocycles. The summed E-state index contributed by atoms with van der Waals surface area (Å²) in [6, 6.07) is 19.1. The number of pyridine rings is 2. The number of aromatic nitrogens is 2. The largest absolute Gasteiger partial charge is 0.494 e. The van der Waals surface area contributed by atoms with Crippen LogP contribution in [0, 0.1) is 23.0 Å². The van der Waals surface area contributed by atoms with Crippen molar-refractivity contribution in [2.24, 2.45) is 0 Å². The molecule has 0 atom stereocenters. The summed E-state index contributed by atoms with van der Waals surface area (Å²) in [5, 5.41) is 34.8. The highest BCUT2D eigenvalue weighted by Crippen LogP contribution is 2.41. The second kappa shape index (κ2) is 19.8. The summed E-state index contributed by atoms with van der Waals surface area (Å²) in [5.74, 6) is -1.11. The van der Waals surface area contributed by atoms with Crippen LogP contribution in [0.25, 0.3) is 33.1 Å². The Kier molecular flexibility index (Phi) is 16.0. The third kappa shape index (κ3) is 11.8. The molecule has 0 saturated carbocycles. The van der Waals surface area contributed by atoms with Crippen LogP contribution >= 0.6 is 34.8 Å². The highest BCUT2D eigenvalue weighted by molar-refractivity contribution is 6.59. The Morgan fingerprint density at radius 3 is 1.62 bits per heavy atom. The molecule has 6 rings (SSSR count). The van der Waals surface area contributed by atoms with Gasteiger partial charge in [-0.05, 0) is 66.1 Å². The van der Waals surface area contributed by atoms with Gasteiger partial charge in [0.1, 0.15) is 29.7 Å². The molecule has 3 N–H and O–H groups in total. The van der Waals surface area contributed by atoms with Crippen molar-refractivity contribution in [1.82, 2.24) is 9.97 Å². The molecule has 8 nitrogen and oxygen atoms in total. The lowest BCUT2D eigenvalue weighted by molar-refractivity contribution is -0.137. The number of aliphatic hydroxyl groups is 1. The fourth-order valence-electron chi connectivity index (χ4n) is 4.72. The van der Waals surface area contributed by atoms with Crippen LogP contribution in [-0.4, -0.2) is 53.1 Å². The van der Waals surface area contributed by atoms with E-state index in [4.69, 9.17) is 64.7 Å². The predicted octanol–water partition coefficient (Wildman–Crippen LogP) is 9.30. The molecular weight excluding hydrogens is 824 g/mol. The van der Waals surface area contributed by atoms with Crippen molar-refractivity contribution < 1.29 is 59.8 Å². The number of para-hydroxylation sites is 2. The highest BCUT2D eigenvalue weighted by Gasteiger charge is 2.37. The predicted molar refractivity (Wildman–Crippen MR) is 196 cm³/mol.